The molecule has 0 fully saturated rings. The number of hydrogen-bond acceptors (Lipinski definition) is 4. The monoisotopic (exact) mass is 212 g/mol. The summed E-state index contributed by atoms with van der Waals surface area (Å²) < 4.78 is 0. The Morgan fingerprint density at radius 2 is 1.08 bits per heavy atom. The fraction of sp³-hybridized carbons (Fsp3) is 0.750. The molecule has 0 saturated carbocycles. The second-order valence-electron chi connectivity index (χ2n) is 2.66. The predicted molar refractivity (Wildman–Crippen MR) is 43.5 cm³/mol. The van der Waals surface area contributed by atoms with E-state index in [4.69, 9.17) is 0 Å². The normalized spacial score (nSPS) is 8.92. The molecule has 0 heterocycles. The van der Waals surface area contributed by atoms with E-state index in [1.807, 2.05) is 0 Å². The quantitative estimate of drug-likeness (QED) is 0.378. The van der Waals surface area contributed by atoms with Gasteiger partial charge in [0.1, 0.15) is 0 Å². The molecule has 0 aromatic carbocycles. The summed E-state index contributed by atoms with van der Waals surface area (Å²) in [5.74, 6) is -2.09. The van der Waals surface area contributed by atoms with Crippen LogP contribution in [0, 0.1) is 0 Å². The molecule has 0 aliphatic carbocycles. The first kappa shape index (κ1) is 15.7. The van der Waals surface area contributed by atoms with Crippen LogP contribution in [-0.2, 0) is 9.59 Å². The van der Waals surface area contributed by atoms with Gasteiger partial charge in [0.05, 0.1) is 0 Å². The Hall–Kier alpha value is 0.200. The van der Waals surface area contributed by atoms with Crippen molar-refractivity contribution in [3.63, 3.8) is 0 Å². The first-order valence-corrected chi connectivity index (χ1v) is 4.02. The maximum Gasteiger partial charge on any atom is 2.00 e. The minimum Gasteiger partial charge on any atom is -0.550 e. The summed E-state index contributed by atoms with van der Waals surface area (Å²) in [6.07, 6.45) is 2.73. The van der Waals surface area contributed by atoms with Crippen LogP contribution in [-0.4, -0.2) is 49.7 Å². The smallest absolute Gasteiger partial charge is 0.550 e. The Morgan fingerprint density at radius 1 is 0.769 bits per heavy atom. The van der Waals surface area contributed by atoms with E-state index >= 15 is 0 Å². The van der Waals surface area contributed by atoms with Gasteiger partial charge in [0.25, 0.3) is 0 Å². The molecule has 4 nitrogen and oxygen atoms in total. The average Bonchev–Trinajstić information content (AvgIpc) is 1.95. The molecule has 0 bridgehead atoms. The van der Waals surface area contributed by atoms with E-state index in [-0.39, 0.29) is 50.6 Å². The molecule has 0 saturated heterocycles. The van der Waals surface area contributed by atoms with Crippen LogP contribution < -0.4 is 10.2 Å². The zero-order chi connectivity index (χ0) is 9.40. The Kier molecular flexibility index (Phi) is 12.4. The molecule has 0 amide bonds. The topological polar surface area (TPSA) is 80.3 Å². The van der Waals surface area contributed by atoms with Crippen molar-refractivity contribution >= 4 is 49.7 Å². The van der Waals surface area contributed by atoms with Gasteiger partial charge in [0, 0.05) is 11.9 Å². The van der Waals surface area contributed by atoms with Crippen LogP contribution in [0.1, 0.15) is 38.5 Å². The Labute approximate surface area is 107 Å². The van der Waals surface area contributed by atoms with E-state index < -0.39 is 11.9 Å². The van der Waals surface area contributed by atoms with Crippen molar-refractivity contribution in [2.45, 2.75) is 38.5 Å². The van der Waals surface area contributed by atoms with E-state index in [0.717, 1.165) is 12.8 Å². The van der Waals surface area contributed by atoms with Gasteiger partial charge in [-0.3, -0.25) is 0 Å². The van der Waals surface area contributed by atoms with Crippen molar-refractivity contribution in [1.82, 2.24) is 0 Å². The minimum absolute atomic E-state index is 0. The van der Waals surface area contributed by atoms with E-state index in [2.05, 4.69) is 0 Å². The van der Waals surface area contributed by atoms with Crippen molar-refractivity contribution in [3.8, 4) is 0 Å². The molecule has 0 aliphatic rings. The fourth-order valence-corrected chi connectivity index (χ4v) is 0.892. The van der Waals surface area contributed by atoms with Crippen molar-refractivity contribution in [2.75, 3.05) is 0 Å². The first-order valence-electron chi connectivity index (χ1n) is 4.02. The van der Waals surface area contributed by atoms with Gasteiger partial charge < -0.3 is 19.8 Å². The molecule has 5 heteroatoms. The van der Waals surface area contributed by atoms with Crippen molar-refractivity contribution < 1.29 is 19.8 Å². The third kappa shape index (κ3) is 15.0. The second-order valence-corrected chi connectivity index (χ2v) is 2.66. The zero-order valence-corrected chi connectivity index (χ0v) is 9.79. The van der Waals surface area contributed by atoms with Gasteiger partial charge in [-0.25, -0.2) is 0 Å². The summed E-state index contributed by atoms with van der Waals surface area (Å²) in [5, 5.41) is 19.8. The van der Waals surface area contributed by atoms with Crippen molar-refractivity contribution in [3.05, 3.63) is 0 Å². The third-order valence-corrected chi connectivity index (χ3v) is 1.51. The van der Waals surface area contributed by atoms with Gasteiger partial charge in [-0.2, -0.15) is 0 Å². The Morgan fingerprint density at radius 3 is 1.31 bits per heavy atom. The zero-order valence-electron chi connectivity index (χ0n) is 7.58. The molecule has 0 radical (unpaired) electrons. The number of aliphatic carboxylic acids is 2. The molecule has 0 unspecified atom stereocenters. The van der Waals surface area contributed by atoms with Crippen LogP contribution in [0.3, 0.4) is 0 Å². The number of hydrogen-bond donors (Lipinski definition) is 0. The van der Waals surface area contributed by atoms with E-state index in [9.17, 15) is 19.8 Å². The summed E-state index contributed by atoms with van der Waals surface area (Å²) in [7, 11) is 0. The summed E-state index contributed by atoms with van der Waals surface area (Å²) in [6, 6.07) is 0. The van der Waals surface area contributed by atoms with Gasteiger partial charge >= 0.3 is 37.7 Å². The fourth-order valence-electron chi connectivity index (χ4n) is 0.892. The molecule has 70 valence electrons. The van der Waals surface area contributed by atoms with Gasteiger partial charge in [0.2, 0.25) is 0 Å². The summed E-state index contributed by atoms with van der Waals surface area (Å²) in [6.45, 7) is 0. The molecular formula is C8H12CaO4. The Bertz CT molecular complexity index is 140. The number of carbonyl (C=O) groups is 2. The number of carboxylic acids is 2. The standard InChI is InChI=1S/C8H14O4.Ca/c9-7(10)5-3-1-2-4-6-8(11)12;/h1-6H2,(H,9,10)(H,11,12);/q;+2/p-2. The summed E-state index contributed by atoms with van der Waals surface area (Å²) >= 11 is 0. The van der Waals surface area contributed by atoms with Gasteiger partial charge in [-0.15, -0.1) is 0 Å². The first-order chi connectivity index (χ1) is 5.63. The van der Waals surface area contributed by atoms with Crippen LogP contribution in [0.25, 0.3) is 0 Å². The molecule has 0 atom stereocenters. The second kappa shape index (κ2) is 10.3. The molecule has 0 aliphatic heterocycles. The summed E-state index contributed by atoms with van der Waals surface area (Å²) in [5.41, 5.74) is 0. The van der Waals surface area contributed by atoms with E-state index in [1.54, 1.807) is 0 Å². The molecule has 0 N–H and O–H groups in total. The molecule has 0 aromatic rings. The third-order valence-electron chi connectivity index (χ3n) is 1.51. The van der Waals surface area contributed by atoms with E-state index in [0.29, 0.717) is 12.8 Å². The van der Waals surface area contributed by atoms with Crippen LogP contribution in [0.5, 0.6) is 0 Å². The molecular weight excluding hydrogens is 200 g/mol. The predicted octanol–water partition coefficient (Wildman–Crippen LogP) is -1.55. The van der Waals surface area contributed by atoms with Crippen molar-refractivity contribution in [2.24, 2.45) is 0 Å². The Balaban J connectivity index is 0. The molecule has 0 rings (SSSR count). The number of rotatable bonds is 7. The maximum absolute atomic E-state index is 9.92. The number of carboxylic acid groups (broad SMARTS) is 2. The average molecular weight is 212 g/mol. The molecule has 0 spiro atoms. The molecule has 0 aromatic heterocycles. The minimum atomic E-state index is -1.05. The van der Waals surface area contributed by atoms with Crippen molar-refractivity contribution in [1.29, 1.82) is 0 Å². The van der Waals surface area contributed by atoms with E-state index in [1.165, 1.54) is 0 Å². The summed E-state index contributed by atoms with van der Waals surface area (Å²) in [4.78, 5) is 19.8. The number of carbonyl (C=O) groups excluding carboxylic acids is 2. The van der Waals surface area contributed by atoms with Crippen LogP contribution in [0.15, 0.2) is 0 Å². The van der Waals surface area contributed by atoms with Gasteiger partial charge in [-0.05, 0) is 25.7 Å². The molecule has 13 heavy (non-hydrogen) atoms. The van der Waals surface area contributed by atoms with Crippen LogP contribution in [0.4, 0.5) is 0 Å². The largest absolute Gasteiger partial charge is 2.00 e. The SMILES string of the molecule is O=C([O-])CCCCCCC(=O)[O-].[Ca+2]. The van der Waals surface area contributed by atoms with Gasteiger partial charge in [0.15, 0.2) is 0 Å². The van der Waals surface area contributed by atoms with Crippen LogP contribution >= 0.6 is 0 Å². The van der Waals surface area contributed by atoms with Crippen LogP contribution in [0.2, 0.25) is 0 Å². The number of unbranched alkanes of at least 4 members (excludes halogenated alkanes) is 3. The van der Waals surface area contributed by atoms with Gasteiger partial charge in [-0.1, -0.05) is 12.8 Å². The maximum atomic E-state index is 9.92.